The number of amides is 4. The smallest absolute Gasteiger partial charge is 0.322 e. The fourth-order valence-corrected chi connectivity index (χ4v) is 3.62. The van der Waals surface area contributed by atoms with E-state index in [0.29, 0.717) is 26.6 Å². The highest BCUT2D eigenvalue weighted by molar-refractivity contribution is 6.39. The molecule has 0 atom stereocenters. The molecule has 0 aliphatic heterocycles. The van der Waals surface area contributed by atoms with Gasteiger partial charge in [0.05, 0.1) is 10.0 Å². The lowest BCUT2D eigenvalue weighted by atomic mass is 10.0. The zero-order valence-corrected chi connectivity index (χ0v) is 21.3. The third-order valence-corrected chi connectivity index (χ3v) is 4.86. The van der Waals surface area contributed by atoms with Crippen LogP contribution in [-0.4, -0.2) is 38.1 Å². The van der Waals surface area contributed by atoms with Crippen molar-refractivity contribution in [3.05, 3.63) is 40.5 Å². The first kappa shape index (κ1) is 25.5. The first-order valence-electron chi connectivity index (χ1n) is 10.5. The maximum Gasteiger partial charge on any atom is 0.322 e. The zero-order valence-electron chi connectivity index (χ0n) is 19.8. The summed E-state index contributed by atoms with van der Waals surface area (Å²) in [5, 5.41) is 12.3. The topological polar surface area (TPSA) is 121 Å². The second kappa shape index (κ2) is 9.60. The van der Waals surface area contributed by atoms with Crippen LogP contribution < -0.4 is 21.3 Å². The molecule has 34 heavy (non-hydrogen) atoms. The fraction of sp³-hybridized carbons (Fsp3) is 0.348. The molecule has 0 aliphatic carbocycles. The van der Waals surface area contributed by atoms with Crippen LogP contribution in [-0.2, 0) is 0 Å². The Labute approximate surface area is 208 Å². The number of urea groups is 2. The number of carbonyl (C=O) groups excluding carboxylic acids is 2. The number of nitrogens with zero attached hydrogens (tertiary/aromatic N) is 3. The lowest BCUT2D eigenvalue weighted by molar-refractivity contribution is 0.242. The van der Waals surface area contributed by atoms with Crippen molar-refractivity contribution in [2.24, 2.45) is 0 Å². The SMILES string of the molecule is CC(C)(C)NC(=O)Nc1ncc2cc(-c3c(Cl)cccc3Cl)c(NC(=O)NC(C)(C)C)nc2n1. The van der Waals surface area contributed by atoms with E-state index in [0.717, 1.165) is 0 Å². The fourth-order valence-electron chi connectivity index (χ4n) is 3.02. The van der Waals surface area contributed by atoms with E-state index < -0.39 is 23.1 Å². The van der Waals surface area contributed by atoms with Gasteiger partial charge in [0.15, 0.2) is 5.65 Å². The Morgan fingerprint density at radius 1 is 0.853 bits per heavy atom. The number of carbonyl (C=O) groups is 2. The van der Waals surface area contributed by atoms with Gasteiger partial charge in [0, 0.05) is 33.8 Å². The number of halogens is 2. The van der Waals surface area contributed by atoms with Gasteiger partial charge in [0.25, 0.3) is 0 Å². The van der Waals surface area contributed by atoms with E-state index in [1.807, 2.05) is 41.5 Å². The van der Waals surface area contributed by atoms with Crippen molar-refractivity contribution in [2.75, 3.05) is 10.6 Å². The van der Waals surface area contributed by atoms with Gasteiger partial charge in [-0.05, 0) is 59.7 Å². The van der Waals surface area contributed by atoms with Crippen LogP contribution in [0.25, 0.3) is 22.2 Å². The summed E-state index contributed by atoms with van der Waals surface area (Å²) in [4.78, 5) is 37.9. The molecule has 0 unspecified atom stereocenters. The summed E-state index contributed by atoms with van der Waals surface area (Å²) in [6.07, 6.45) is 1.52. The predicted octanol–water partition coefficient (Wildman–Crippen LogP) is 5.84. The lowest BCUT2D eigenvalue weighted by Crippen LogP contribution is -2.43. The maximum atomic E-state index is 12.6. The Morgan fingerprint density at radius 3 is 1.97 bits per heavy atom. The number of benzene rings is 1. The Balaban J connectivity index is 2.07. The Bertz CT molecular complexity index is 1230. The number of aromatic nitrogens is 3. The normalized spacial score (nSPS) is 11.8. The van der Waals surface area contributed by atoms with Crippen molar-refractivity contribution in [1.82, 2.24) is 25.6 Å². The van der Waals surface area contributed by atoms with Crippen LogP contribution in [0.4, 0.5) is 21.4 Å². The quantitative estimate of drug-likeness (QED) is 0.357. The molecule has 0 radical (unpaired) electrons. The van der Waals surface area contributed by atoms with Crippen molar-refractivity contribution in [3.63, 3.8) is 0 Å². The molecule has 180 valence electrons. The van der Waals surface area contributed by atoms with Crippen molar-refractivity contribution in [3.8, 4) is 11.1 Å². The largest absolute Gasteiger partial charge is 0.333 e. The number of hydrogen-bond donors (Lipinski definition) is 4. The van der Waals surface area contributed by atoms with Crippen LogP contribution in [0.15, 0.2) is 30.5 Å². The molecule has 4 N–H and O–H groups in total. The minimum Gasteiger partial charge on any atom is -0.333 e. The number of fused-ring (bicyclic) bond motifs is 1. The average molecular weight is 504 g/mol. The Morgan fingerprint density at radius 2 is 1.41 bits per heavy atom. The minimum absolute atomic E-state index is 0.0652. The molecule has 9 nitrogen and oxygen atoms in total. The molecule has 2 heterocycles. The number of pyridine rings is 1. The maximum absolute atomic E-state index is 12.6. The van der Waals surface area contributed by atoms with Gasteiger partial charge in [-0.1, -0.05) is 29.3 Å². The standard InChI is InChI=1S/C23H27Cl2N7O2/c1-22(2,3)31-20(33)29-18-13(16-14(24)8-7-9-15(16)25)10-12-11-26-19(28-17(12)27-18)30-21(34)32-23(4,5)6/h7-11H,1-6H3,(H4,26,27,28,29,30,31,32,33,34). The molecule has 0 aliphatic rings. The number of nitrogens with one attached hydrogen (secondary N) is 4. The highest BCUT2D eigenvalue weighted by Crippen LogP contribution is 2.39. The summed E-state index contributed by atoms with van der Waals surface area (Å²) >= 11 is 12.9. The van der Waals surface area contributed by atoms with E-state index in [4.69, 9.17) is 23.2 Å². The third-order valence-electron chi connectivity index (χ3n) is 4.24. The van der Waals surface area contributed by atoms with Crippen LogP contribution in [0, 0.1) is 0 Å². The third kappa shape index (κ3) is 6.68. The van der Waals surface area contributed by atoms with E-state index in [1.54, 1.807) is 24.3 Å². The Kier molecular flexibility index (Phi) is 7.18. The van der Waals surface area contributed by atoms with Crippen LogP contribution >= 0.6 is 23.2 Å². The molecule has 0 saturated carbocycles. The molecule has 3 rings (SSSR count). The van der Waals surface area contributed by atoms with Gasteiger partial charge in [-0.3, -0.25) is 10.6 Å². The van der Waals surface area contributed by atoms with E-state index in [-0.39, 0.29) is 17.4 Å². The van der Waals surface area contributed by atoms with Gasteiger partial charge < -0.3 is 10.6 Å². The summed E-state index contributed by atoms with van der Waals surface area (Å²) in [7, 11) is 0. The molecule has 4 amide bonds. The highest BCUT2D eigenvalue weighted by Gasteiger charge is 2.21. The van der Waals surface area contributed by atoms with Crippen LogP contribution in [0.2, 0.25) is 10.0 Å². The van der Waals surface area contributed by atoms with Crippen LogP contribution in [0.3, 0.4) is 0 Å². The number of rotatable bonds is 3. The summed E-state index contributed by atoms with van der Waals surface area (Å²) in [5.41, 5.74) is 0.377. The van der Waals surface area contributed by atoms with Gasteiger partial charge in [-0.25, -0.2) is 19.6 Å². The monoisotopic (exact) mass is 503 g/mol. The van der Waals surface area contributed by atoms with Gasteiger partial charge in [0.1, 0.15) is 5.82 Å². The van der Waals surface area contributed by atoms with Crippen molar-refractivity contribution in [1.29, 1.82) is 0 Å². The van der Waals surface area contributed by atoms with Crippen LogP contribution in [0.5, 0.6) is 0 Å². The van der Waals surface area contributed by atoms with Crippen LogP contribution in [0.1, 0.15) is 41.5 Å². The van der Waals surface area contributed by atoms with Gasteiger partial charge in [0.2, 0.25) is 5.95 Å². The first-order chi connectivity index (χ1) is 15.7. The summed E-state index contributed by atoms with van der Waals surface area (Å²) in [5.74, 6) is 0.267. The molecule has 3 aromatic rings. The zero-order chi connectivity index (χ0) is 25.3. The van der Waals surface area contributed by atoms with Gasteiger partial charge in [-0.2, -0.15) is 4.98 Å². The summed E-state index contributed by atoms with van der Waals surface area (Å²) in [6, 6.07) is 5.95. The summed E-state index contributed by atoms with van der Waals surface area (Å²) in [6.45, 7) is 11.2. The minimum atomic E-state index is -0.469. The molecule has 0 fully saturated rings. The molecule has 0 saturated heterocycles. The van der Waals surface area contributed by atoms with E-state index >= 15 is 0 Å². The number of anilines is 2. The molecule has 1 aromatic carbocycles. The van der Waals surface area contributed by atoms with Gasteiger partial charge >= 0.3 is 12.1 Å². The summed E-state index contributed by atoms with van der Waals surface area (Å²) < 4.78 is 0. The molecular weight excluding hydrogens is 477 g/mol. The molecule has 11 heteroatoms. The first-order valence-corrected chi connectivity index (χ1v) is 11.3. The van der Waals surface area contributed by atoms with Gasteiger partial charge in [-0.15, -0.1) is 0 Å². The lowest BCUT2D eigenvalue weighted by Gasteiger charge is -2.21. The van der Waals surface area contributed by atoms with Crippen molar-refractivity contribution < 1.29 is 9.59 Å². The van der Waals surface area contributed by atoms with E-state index in [2.05, 4.69) is 36.2 Å². The number of hydrogen-bond acceptors (Lipinski definition) is 5. The van der Waals surface area contributed by atoms with E-state index in [1.165, 1.54) is 6.20 Å². The second-order valence-electron chi connectivity index (χ2n) is 9.75. The van der Waals surface area contributed by atoms with Crippen molar-refractivity contribution >= 4 is 58.1 Å². The predicted molar refractivity (Wildman–Crippen MR) is 137 cm³/mol. The second-order valence-corrected chi connectivity index (χ2v) is 10.6. The Hall–Kier alpha value is -3.17. The molecule has 0 bridgehead atoms. The van der Waals surface area contributed by atoms with Crippen molar-refractivity contribution in [2.45, 2.75) is 52.6 Å². The average Bonchev–Trinajstić information content (AvgIpc) is 2.65. The molecule has 2 aromatic heterocycles. The molecular formula is C23H27Cl2N7O2. The molecule has 0 spiro atoms. The highest BCUT2D eigenvalue weighted by atomic mass is 35.5. The van der Waals surface area contributed by atoms with E-state index in [9.17, 15) is 9.59 Å².